The number of carbonyl (C=O) groups is 2. The van der Waals surface area contributed by atoms with Gasteiger partial charge in [0.15, 0.2) is 35.4 Å². The molecule has 1 saturated carbocycles. The Morgan fingerprint density at radius 2 is 1.70 bits per heavy atom. The zero-order valence-corrected chi connectivity index (χ0v) is 25.1. The Morgan fingerprint density at radius 1 is 1.07 bits per heavy atom. The average molecular weight is 630 g/mol. The highest BCUT2D eigenvalue weighted by Gasteiger charge is 2.52. The topological polar surface area (TPSA) is 253 Å². The minimum absolute atomic E-state index is 0.0388. The summed E-state index contributed by atoms with van der Waals surface area (Å²) in [6, 6.07) is -2.16. The van der Waals surface area contributed by atoms with Gasteiger partial charge in [0.05, 0.1) is 19.0 Å². The first-order chi connectivity index (χ1) is 20.2. The molecule has 43 heavy (non-hydrogen) atoms. The van der Waals surface area contributed by atoms with Crippen molar-refractivity contribution in [3.05, 3.63) is 12.7 Å². The molecule has 18 heteroatoms. The lowest BCUT2D eigenvalue weighted by atomic mass is 10.0. The molecule has 1 aliphatic carbocycles. The fraction of sp³-hybridized carbons (Fsp3) is 0.720. The van der Waals surface area contributed by atoms with E-state index in [0.717, 1.165) is 6.42 Å². The van der Waals surface area contributed by atoms with E-state index < -0.39 is 71.7 Å². The van der Waals surface area contributed by atoms with Crippen molar-refractivity contribution >= 4 is 39.3 Å². The van der Waals surface area contributed by atoms with Gasteiger partial charge in [0, 0.05) is 6.04 Å². The van der Waals surface area contributed by atoms with Gasteiger partial charge in [-0.2, -0.15) is 8.42 Å². The molecule has 4 rings (SSSR count). The molecule has 1 saturated heterocycles. The van der Waals surface area contributed by atoms with E-state index in [4.69, 9.17) is 25.7 Å². The number of carbonyl (C=O) groups excluding carboxylic acids is 2. The Labute approximate surface area is 248 Å². The fourth-order valence-corrected chi connectivity index (χ4v) is 5.19. The second kappa shape index (κ2) is 13.3. The van der Waals surface area contributed by atoms with Crippen molar-refractivity contribution in [2.24, 2.45) is 23.3 Å². The Morgan fingerprint density at radius 3 is 2.26 bits per heavy atom. The van der Waals surface area contributed by atoms with Crippen LogP contribution in [0.1, 0.15) is 53.2 Å². The van der Waals surface area contributed by atoms with Crippen molar-refractivity contribution in [3.8, 4) is 0 Å². The first kappa shape index (κ1) is 32.9. The van der Waals surface area contributed by atoms with Gasteiger partial charge in [0.1, 0.15) is 24.5 Å². The monoisotopic (exact) mass is 629 g/mol. The number of nitrogens with zero attached hydrogens (tertiary/aromatic N) is 4. The van der Waals surface area contributed by atoms with Gasteiger partial charge in [-0.25, -0.2) is 19.1 Å². The van der Waals surface area contributed by atoms with Crippen LogP contribution in [-0.4, -0.2) is 98.7 Å². The number of aliphatic hydroxyl groups is 1. The molecule has 0 spiro atoms. The van der Waals surface area contributed by atoms with Crippen LogP contribution >= 0.6 is 0 Å². The van der Waals surface area contributed by atoms with Gasteiger partial charge in [-0.1, -0.05) is 27.7 Å². The molecule has 0 radical (unpaired) electrons. The molecule has 2 fully saturated rings. The summed E-state index contributed by atoms with van der Waals surface area (Å²) in [7, 11) is -4.92. The Balaban J connectivity index is 1.73. The van der Waals surface area contributed by atoms with Crippen molar-refractivity contribution in [2.45, 2.75) is 95.7 Å². The van der Waals surface area contributed by atoms with Crippen LogP contribution in [0.15, 0.2) is 12.7 Å². The van der Waals surface area contributed by atoms with E-state index in [2.05, 4.69) is 24.5 Å². The maximum atomic E-state index is 13.1. The van der Waals surface area contributed by atoms with E-state index in [0.29, 0.717) is 24.2 Å². The first-order valence-electron chi connectivity index (χ1n) is 14.0. The van der Waals surface area contributed by atoms with E-state index in [1.54, 1.807) is 27.7 Å². The number of imidazole rings is 1. The number of nitrogens with two attached hydrogens (primary N) is 2. The van der Waals surface area contributed by atoms with Crippen molar-refractivity contribution in [3.63, 3.8) is 0 Å². The number of hydrogen-bond acceptors (Lipinski definition) is 15. The number of nitrogens with one attached hydrogen (secondary N) is 1. The number of esters is 2. The molecule has 0 amide bonds. The molecule has 7 N–H and O–H groups in total. The summed E-state index contributed by atoms with van der Waals surface area (Å²) in [5.41, 5.74) is 12.6. The second-order valence-corrected chi connectivity index (χ2v) is 12.6. The van der Waals surface area contributed by atoms with Crippen LogP contribution in [-0.2, 0) is 38.4 Å². The van der Waals surface area contributed by atoms with Gasteiger partial charge in [-0.15, -0.1) is 0 Å². The number of aromatic nitrogens is 4. The molecule has 8 atom stereocenters. The summed E-state index contributed by atoms with van der Waals surface area (Å²) in [6.07, 6.45) is -1.33. The third-order valence-corrected chi connectivity index (χ3v) is 7.96. The number of anilines is 1. The number of fused-ring (bicyclic) bond motifs is 1. The standard InChI is InChI=1S/C25H39N7O10S/c1-11(2)16(26)24(34)41-19-15(8-39-43(36,37)38)40-23(20(19)42-25(35)17(27)12(3)4)32-10-30-18-21(28-9-29-22(18)32)31-13-5-6-14(33)7-13/h9-17,19-20,23,33H,5-8,26-27H2,1-4H3,(H,28,29,31)(H,36,37,38)/t13-,14+,15-,16+,17+,19-,20-,23-/m1/s1. The summed E-state index contributed by atoms with van der Waals surface area (Å²) in [5.74, 6) is -1.94. The highest BCUT2D eigenvalue weighted by Crippen LogP contribution is 2.37. The van der Waals surface area contributed by atoms with Crippen LogP contribution in [0.5, 0.6) is 0 Å². The summed E-state index contributed by atoms with van der Waals surface area (Å²) >= 11 is 0. The lowest BCUT2D eigenvalue weighted by Crippen LogP contribution is -2.48. The van der Waals surface area contributed by atoms with Crippen molar-refractivity contribution in [2.75, 3.05) is 11.9 Å². The molecule has 0 bridgehead atoms. The normalized spacial score (nSPS) is 27.5. The van der Waals surface area contributed by atoms with Crippen molar-refractivity contribution < 1.29 is 46.1 Å². The summed E-state index contributed by atoms with van der Waals surface area (Å²) in [6.45, 7) is 6.04. The summed E-state index contributed by atoms with van der Waals surface area (Å²) in [4.78, 5) is 39.1. The third-order valence-electron chi connectivity index (χ3n) is 7.53. The van der Waals surface area contributed by atoms with Gasteiger partial charge in [-0.05, 0) is 31.1 Å². The molecule has 3 heterocycles. The molecule has 1 aliphatic heterocycles. The van der Waals surface area contributed by atoms with Crippen molar-refractivity contribution in [1.29, 1.82) is 0 Å². The molecule has 2 aromatic rings. The lowest BCUT2D eigenvalue weighted by molar-refractivity contribution is -0.171. The van der Waals surface area contributed by atoms with Gasteiger partial charge in [0.2, 0.25) is 0 Å². The maximum Gasteiger partial charge on any atom is 0.397 e. The maximum absolute atomic E-state index is 13.1. The Bertz CT molecular complexity index is 1400. The van der Waals surface area contributed by atoms with Crippen LogP contribution in [0.25, 0.3) is 11.2 Å². The minimum atomic E-state index is -4.92. The zero-order chi connectivity index (χ0) is 31.6. The summed E-state index contributed by atoms with van der Waals surface area (Å²) in [5, 5.41) is 13.2. The number of hydrogen-bond donors (Lipinski definition) is 5. The van der Waals surface area contributed by atoms with E-state index >= 15 is 0 Å². The van der Waals surface area contributed by atoms with E-state index in [1.807, 2.05) is 0 Å². The first-order valence-corrected chi connectivity index (χ1v) is 15.3. The molecule has 2 aromatic heterocycles. The predicted molar refractivity (Wildman–Crippen MR) is 149 cm³/mol. The molecular weight excluding hydrogens is 590 g/mol. The number of aliphatic hydroxyl groups excluding tert-OH is 1. The highest BCUT2D eigenvalue weighted by atomic mass is 32.3. The Hall–Kier alpha value is -3.00. The summed E-state index contributed by atoms with van der Waals surface area (Å²) < 4.78 is 55.5. The van der Waals surface area contributed by atoms with E-state index in [1.165, 1.54) is 17.2 Å². The molecule has 0 aromatic carbocycles. The van der Waals surface area contributed by atoms with Gasteiger partial charge in [-0.3, -0.25) is 18.7 Å². The van der Waals surface area contributed by atoms with Crippen LogP contribution in [0, 0.1) is 11.8 Å². The molecular formula is C25H39N7O10S. The average Bonchev–Trinajstić information content (AvgIpc) is 3.63. The van der Waals surface area contributed by atoms with E-state index in [-0.39, 0.29) is 23.5 Å². The second-order valence-electron chi connectivity index (χ2n) is 11.5. The highest BCUT2D eigenvalue weighted by molar-refractivity contribution is 7.80. The van der Waals surface area contributed by atoms with Gasteiger partial charge >= 0.3 is 22.3 Å². The molecule has 2 aliphatic rings. The van der Waals surface area contributed by atoms with Gasteiger partial charge < -0.3 is 36.1 Å². The predicted octanol–water partition coefficient (Wildman–Crippen LogP) is -0.341. The zero-order valence-electron chi connectivity index (χ0n) is 24.3. The van der Waals surface area contributed by atoms with Crippen LogP contribution in [0.4, 0.5) is 5.82 Å². The largest absolute Gasteiger partial charge is 0.454 e. The molecule has 240 valence electrons. The van der Waals surface area contributed by atoms with Crippen molar-refractivity contribution in [1.82, 2.24) is 19.5 Å². The SMILES string of the molecule is CC(C)[C@H](N)C(=O)O[C@@H]1[C@H](OC(=O)[C@@H](N)C(C)C)[C@@H](COS(=O)(=O)O)O[C@H]1n1cnc2c(N[C@@H]3CC[C@H](O)C3)ncnc21. The van der Waals surface area contributed by atoms with E-state index in [9.17, 15) is 27.7 Å². The van der Waals surface area contributed by atoms with Crippen LogP contribution in [0.3, 0.4) is 0 Å². The smallest absolute Gasteiger partial charge is 0.397 e. The minimum Gasteiger partial charge on any atom is -0.454 e. The number of rotatable bonds is 12. The molecule has 0 unspecified atom stereocenters. The Kier molecular flexibility index (Phi) is 10.2. The van der Waals surface area contributed by atoms with Crippen LogP contribution in [0.2, 0.25) is 0 Å². The van der Waals surface area contributed by atoms with Gasteiger partial charge in [0.25, 0.3) is 0 Å². The third kappa shape index (κ3) is 7.75. The van der Waals surface area contributed by atoms with Crippen LogP contribution < -0.4 is 16.8 Å². The molecule has 17 nitrogen and oxygen atoms in total. The lowest BCUT2D eigenvalue weighted by Gasteiger charge is -2.27. The fourth-order valence-electron chi connectivity index (χ4n) is 4.88. The number of ether oxygens (including phenoxy) is 3. The quantitative estimate of drug-likeness (QED) is 0.149.